The molecule has 0 saturated carbocycles. The predicted octanol–water partition coefficient (Wildman–Crippen LogP) is -0.427. The Balaban J connectivity index is 2.23. The zero-order valence-corrected chi connectivity index (χ0v) is 7.01. The second-order valence-corrected chi connectivity index (χ2v) is 3.08. The molecule has 0 aromatic carbocycles. The van der Waals surface area contributed by atoms with Crippen LogP contribution in [0.1, 0.15) is 25.7 Å². The zero-order chi connectivity index (χ0) is 8.97. The number of rotatable bonds is 4. The molecule has 0 aromatic rings. The first-order valence-corrected chi connectivity index (χ1v) is 4.24. The Hall–Kier alpha value is -0.900. The van der Waals surface area contributed by atoms with Gasteiger partial charge in [-0.1, -0.05) is 0 Å². The fourth-order valence-corrected chi connectivity index (χ4v) is 1.38. The highest BCUT2D eigenvalue weighted by molar-refractivity contribution is 5.88. The molecule has 0 aromatic heterocycles. The average Bonchev–Trinajstić information content (AvgIpc) is 2.51. The summed E-state index contributed by atoms with van der Waals surface area (Å²) in [5.74, 6) is -0.285. The first-order valence-electron chi connectivity index (χ1n) is 4.24. The molecule has 12 heavy (non-hydrogen) atoms. The van der Waals surface area contributed by atoms with Gasteiger partial charge in [0.25, 0.3) is 0 Å². The number of hydrogen-bond acceptors (Lipinski definition) is 3. The second kappa shape index (κ2) is 4.21. The van der Waals surface area contributed by atoms with E-state index >= 15 is 0 Å². The Bertz CT molecular complexity index is 185. The summed E-state index contributed by atoms with van der Waals surface area (Å²) in [6.07, 6.45) is 2.41. The average molecular weight is 170 g/mol. The largest absolute Gasteiger partial charge is 0.370 e. The summed E-state index contributed by atoms with van der Waals surface area (Å²) in [6, 6.07) is -0.0238. The molecular formula is C8H14N2O2. The number of carbonyl (C=O) groups excluding carboxylic acids is 2. The lowest BCUT2D eigenvalue weighted by atomic mass is 10.1. The maximum atomic E-state index is 11.3. The third-order valence-corrected chi connectivity index (χ3v) is 2.07. The number of carbonyl (C=O) groups is 2. The molecule has 1 rings (SSSR count). The van der Waals surface area contributed by atoms with Crippen molar-refractivity contribution in [3.8, 4) is 0 Å². The molecular weight excluding hydrogens is 156 g/mol. The van der Waals surface area contributed by atoms with Crippen molar-refractivity contribution in [2.24, 2.45) is 5.73 Å². The van der Waals surface area contributed by atoms with Crippen LogP contribution in [0.5, 0.6) is 0 Å². The minimum absolute atomic E-state index is 0.0238. The number of ketones is 1. The third-order valence-electron chi connectivity index (χ3n) is 2.07. The third kappa shape index (κ3) is 2.62. The molecule has 1 fully saturated rings. The first kappa shape index (κ1) is 9.19. The maximum absolute atomic E-state index is 11.3. The highest BCUT2D eigenvalue weighted by Gasteiger charge is 2.21. The van der Waals surface area contributed by atoms with Gasteiger partial charge in [-0.25, -0.2) is 0 Å². The highest BCUT2D eigenvalue weighted by atomic mass is 16.1. The standard InChI is InChI=1S/C8H14N2O2/c9-8(12)4-3-7(11)6-2-1-5-10-6/h6,10H,1-5H2,(H2,9,12)/t6-/m1/s1. The van der Waals surface area contributed by atoms with E-state index in [-0.39, 0.29) is 24.7 Å². The molecule has 0 spiro atoms. The van der Waals surface area contributed by atoms with Gasteiger partial charge in [0.15, 0.2) is 0 Å². The van der Waals surface area contributed by atoms with Crippen LogP contribution in [0.25, 0.3) is 0 Å². The molecule has 0 radical (unpaired) electrons. The van der Waals surface area contributed by atoms with E-state index in [4.69, 9.17) is 5.73 Å². The van der Waals surface area contributed by atoms with E-state index in [1.54, 1.807) is 0 Å². The molecule has 1 aliphatic rings. The molecule has 1 heterocycles. The number of nitrogens with one attached hydrogen (secondary N) is 1. The Morgan fingerprint density at radius 2 is 2.17 bits per heavy atom. The molecule has 1 aliphatic heterocycles. The van der Waals surface area contributed by atoms with Crippen molar-refractivity contribution in [3.63, 3.8) is 0 Å². The SMILES string of the molecule is NC(=O)CCC(=O)[C@H]1CCCN1. The molecule has 0 bridgehead atoms. The molecule has 4 nitrogen and oxygen atoms in total. The van der Waals surface area contributed by atoms with Crippen molar-refractivity contribution in [2.45, 2.75) is 31.7 Å². The van der Waals surface area contributed by atoms with E-state index < -0.39 is 5.91 Å². The van der Waals surface area contributed by atoms with Crippen LogP contribution < -0.4 is 11.1 Å². The number of hydrogen-bond donors (Lipinski definition) is 2. The summed E-state index contributed by atoms with van der Waals surface area (Å²) in [5, 5.41) is 3.08. The smallest absolute Gasteiger partial charge is 0.217 e. The summed E-state index contributed by atoms with van der Waals surface area (Å²) in [5.41, 5.74) is 4.93. The van der Waals surface area contributed by atoms with Gasteiger partial charge >= 0.3 is 0 Å². The molecule has 0 aliphatic carbocycles. The predicted molar refractivity (Wildman–Crippen MR) is 44.5 cm³/mol. The summed E-state index contributed by atoms with van der Waals surface area (Å²) in [6.45, 7) is 0.910. The van der Waals surface area contributed by atoms with Gasteiger partial charge in [-0.3, -0.25) is 9.59 Å². The van der Waals surface area contributed by atoms with Gasteiger partial charge in [-0.2, -0.15) is 0 Å². The Labute approximate surface area is 71.5 Å². The monoisotopic (exact) mass is 170 g/mol. The van der Waals surface area contributed by atoms with Crippen LogP contribution in [0, 0.1) is 0 Å². The lowest BCUT2D eigenvalue weighted by molar-refractivity contribution is -0.124. The van der Waals surface area contributed by atoms with Gasteiger partial charge in [-0.15, -0.1) is 0 Å². The quantitative estimate of drug-likeness (QED) is 0.601. The van der Waals surface area contributed by atoms with Crippen LogP contribution in [0.3, 0.4) is 0 Å². The van der Waals surface area contributed by atoms with E-state index in [9.17, 15) is 9.59 Å². The van der Waals surface area contributed by atoms with Gasteiger partial charge in [-0.05, 0) is 19.4 Å². The molecule has 3 N–H and O–H groups in total. The molecule has 0 unspecified atom stereocenters. The molecule has 1 amide bonds. The van der Waals surface area contributed by atoms with Gasteiger partial charge in [0, 0.05) is 12.8 Å². The van der Waals surface area contributed by atoms with E-state index in [1.165, 1.54) is 0 Å². The lowest BCUT2D eigenvalue weighted by Gasteiger charge is -2.06. The minimum Gasteiger partial charge on any atom is -0.370 e. The first-order chi connectivity index (χ1) is 5.70. The Kier molecular flexibility index (Phi) is 3.22. The molecule has 68 valence electrons. The van der Waals surface area contributed by atoms with E-state index in [2.05, 4.69) is 5.32 Å². The van der Waals surface area contributed by atoms with Crippen molar-refractivity contribution in [3.05, 3.63) is 0 Å². The van der Waals surface area contributed by atoms with Crippen LogP contribution in [-0.2, 0) is 9.59 Å². The van der Waals surface area contributed by atoms with Crippen LogP contribution in [-0.4, -0.2) is 24.3 Å². The fourth-order valence-electron chi connectivity index (χ4n) is 1.38. The number of amides is 1. The van der Waals surface area contributed by atoms with Gasteiger partial charge in [0.2, 0.25) is 5.91 Å². The minimum atomic E-state index is -0.402. The van der Waals surface area contributed by atoms with Crippen molar-refractivity contribution in [1.82, 2.24) is 5.32 Å². The van der Waals surface area contributed by atoms with Crippen molar-refractivity contribution in [1.29, 1.82) is 0 Å². The van der Waals surface area contributed by atoms with Crippen LogP contribution >= 0.6 is 0 Å². The Morgan fingerprint density at radius 1 is 1.42 bits per heavy atom. The van der Waals surface area contributed by atoms with Crippen molar-refractivity contribution < 1.29 is 9.59 Å². The highest BCUT2D eigenvalue weighted by Crippen LogP contribution is 2.08. The number of primary amides is 1. The van der Waals surface area contributed by atoms with Crippen molar-refractivity contribution in [2.75, 3.05) is 6.54 Å². The van der Waals surface area contributed by atoms with Gasteiger partial charge in [0.05, 0.1) is 6.04 Å². The van der Waals surface area contributed by atoms with Crippen LogP contribution in [0.15, 0.2) is 0 Å². The Morgan fingerprint density at radius 3 is 2.67 bits per heavy atom. The fraction of sp³-hybridized carbons (Fsp3) is 0.750. The van der Waals surface area contributed by atoms with E-state index in [0.29, 0.717) is 0 Å². The van der Waals surface area contributed by atoms with Gasteiger partial charge < -0.3 is 11.1 Å². The summed E-state index contributed by atoms with van der Waals surface area (Å²) in [7, 11) is 0. The number of Topliss-reactive ketones (excluding diaryl/α,β-unsaturated/α-hetero) is 1. The van der Waals surface area contributed by atoms with E-state index in [1.807, 2.05) is 0 Å². The molecule has 4 heteroatoms. The summed E-state index contributed by atoms with van der Waals surface area (Å²) in [4.78, 5) is 21.6. The van der Waals surface area contributed by atoms with Crippen LogP contribution in [0.2, 0.25) is 0 Å². The van der Waals surface area contributed by atoms with E-state index in [0.717, 1.165) is 19.4 Å². The number of nitrogens with two attached hydrogens (primary N) is 1. The molecule has 1 atom stereocenters. The van der Waals surface area contributed by atoms with Crippen LogP contribution in [0.4, 0.5) is 0 Å². The zero-order valence-electron chi connectivity index (χ0n) is 7.01. The topological polar surface area (TPSA) is 72.2 Å². The van der Waals surface area contributed by atoms with Crippen molar-refractivity contribution >= 4 is 11.7 Å². The summed E-state index contributed by atoms with van der Waals surface area (Å²) >= 11 is 0. The second-order valence-electron chi connectivity index (χ2n) is 3.08. The maximum Gasteiger partial charge on any atom is 0.217 e. The summed E-state index contributed by atoms with van der Waals surface area (Å²) < 4.78 is 0. The van der Waals surface area contributed by atoms with Gasteiger partial charge in [0.1, 0.15) is 5.78 Å². The lowest BCUT2D eigenvalue weighted by Crippen LogP contribution is -2.31. The normalized spacial score (nSPS) is 22.5. The molecule has 1 saturated heterocycles.